The van der Waals surface area contributed by atoms with E-state index in [4.69, 9.17) is 0 Å². The van der Waals surface area contributed by atoms with Gasteiger partial charge in [0.05, 0.1) is 28.8 Å². The smallest absolute Gasteiger partial charge is 0.374 e. The van der Waals surface area contributed by atoms with E-state index in [9.17, 15) is 26.3 Å². The molecule has 0 amide bonds. The molecule has 1 saturated heterocycles. The minimum absolute atomic E-state index is 0.215. The van der Waals surface area contributed by atoms with Gasteiger partial charge in [0.1, 0.15) is 17.4 Å². The van der Waals surface area contributed by atoms with Gasteiger partial charge in [-0.2, -0.15) is 26.3 Å². The number of benzene rings is 1. The molecular formula is C28H26F6N6. The van der Waals surface area contributed by atoms with Crippen molar-refractivity contribution in [1.29, 1.82) is 0 Å². The summed E-state index contributed by atoms with van der Waals surface area (Å²) in [6, 6.07) is 8.98. The summed E-state index contributed by atoms with van der Waals surface area (Å²) in [4.78, 5) is 14.3. The number of piperidine rings is 1. The van der Waals surface area contributed by atoms with Crippen molar-refractivity contribution < 1.29 is 26.3 Å². The Morgan fingerprint density at radius 3 is 2.35 bits per heavy atom. The lowest BCUT2D eigenvalue weighted by Gasteiger charge is -2.35. The lowest BCUT2D eigenvalue weighted by Crippen LogP contribution is -2.35. The number of amidine groups is 1. The van der Waals surface area contributed by atoms with E-state index in [1.165, 1.54) is 24.4 Å². The molecule has 4 heterocycles. The van der Waals surface area contributed by atoms with Gasteiger partial charge in [-0.1, -0.05) is 19.9 Å². The van der Waals surface area contributed by atoms with E-state index < -0.39 is 23.6 Å². The average molecular weight is 561 g/mol. The molecule has 1 fully saturated rings. The number of nitrogens with zero attached hydrogens (tertiary/aromatic N) is 4. The number of rotatable bonds is 3. The maximum atomic E-state index is 13.7. The first kappa shape index (κ1) is 27.5. The summed E-state index contributed by atoms with van der Waals surface area (Å²) in [5.74, 6) is 1.68. The third kappa shape index (κ3) is 6.05. The van der Waals surface area contributed by atoms with Gasteiger partial charge in [0.2, 0.25) is 0 Å². The molecule has 210 valence electrons. The summed E-state index contributed by atoms with van der Waals surface area (Å²) in [6.45, 7) is 5.95. The van der Waals surface area contributed by atoms with E-state index >= 15 is 0 Å². The fourth-order valence-electron chi connectivity index (χ4n) is 5.13. The van der Waals surface area contributed by atoms with Crippen molar-refractivity contribution >= 4 is 17.2 Å². The molecule has 0 radical (unpaired) electrons. The highest BCUT2D eigenvalue weighted by atomic mass is 19.4. The summed E-state index contributed by atoms with van der Waals surface area (Å²) in [5.41, 5.74) is -0.597. The highest BCUT2D eigenvalue weighted by Crippen LogP contribution is 2.38. The number of hydrogen-bond donors (Lipinski definition) is 2. The molecule has 6 nitrogen and oxygen atoms in total. The first-order valence-corrected chi connectivity index (χ1v) is 12.7. The molecule has 2 atom stereocenters. The maximum absolute atomic E-state index is 13.7. The van der Waals surface area contributed by atoms with Crippen LogP contribution in [-0.2, 0) is 12.4 Å². The van der Waals surface area contributed by atoms with Gasteiger partial charge in [-0.3, -0.25) is 4.98 Å². The Morgan fingerprint density at radius 2 is 1.70 bits per heavy atom. The Morgan fingerprint density at radius 1 is 0.950 bits per heavy atom. The quantitative estimate of drug-likeness (QED) is 0.331. The van der Waals surface area contributed by atoms with Gasteiger partial charge in [-0.05, 0) is 54.7 Å². The van der Waals surface area contributed by atoms with Crippen LogP contribution < -0.4 is 10.6 Å². The van der Waals surface area contributed by atoms with Crippen LogP contribution in [-0.4, -0.2) is 33.8 Å². The molecule has 2 aromatic heterocycles. The monoisotopic (exact) mass is 560 g/mol. The predicted molar refractivity (Wildman–Crippen MR) is 140 cm³/mol. The van der Waals surface area contributed by atoms with Crippen LogP contribution in [0, 0.1) is 11.8 Å². The number of fused-ring (bicyclic) bond motifs is 1. The third-order valence-electron chi connectivity index (χ3n) is 6.67. The highest BCUT2D eigenvalue weighted by molar-refractivity contribution is 6.13. The first-order valence-electron chi connectivity index (χ1n) is 12.7. The van der Waals surface area contributed by atoms with Crippen LogP contribution in [0.5, 0.6) is 0 Å². The molecule has 12 heteroatoms. The lowest BCUT2D eigenvalue weighted by atomic mass is 9.92. The summed E-state index contributed by atoms with van der Waals surface area (Å²) in [7, 11) is 0. The van der Waals surface area contributed by atoms with Crippen LogP contribution in [0.15, 0.2) is 71.9 Å². The molecule has 2 N–H and O–H groups in total. The Balaban J connectivity index is 1.54. The predicted octanol–water partition coefficient (Wildman–Crippen LogP) is 7.24. The second-order valence-electron chi connectivity index (χ2n) is 10.2. The molecule has 5 rings (SSSR count). The average Bonchev–Trinajstić information content (AvgIpc) is 2.87. The van der Waals surface area contributed by atoms with Crippen molar-refractivity contribution in [3.8, 4) is 11.3 Å². The van der Waals surface area contributed by atoms with Crippen LogP contribution in [0.3, 0.4) is 0 Å². The van der Waals surface area contributed by atoms with E-state index in [0.717, 1.165) is 37.8 Å². The van der Waals surface area contributed by atoms with Gasteiger partial charge >= 0.3 is 12.4 Å². The maximum Gasteiger partial charge on any atom is 0.433 e. The molecule has 2 aliphatic heterocycles. The Hall–Kier alpha value is -4.09. The molecular weight excluding hydrogens is 534 g/mol. The van der Waals surface area contributed by atoms with Crippen LogP contribution in [0.1, 0.15) is 37.1 Å². The van der Waals surface area contributed by atoms with E-state index in [0.29, 0.717) is 34.7 Å². The third-order valence-corrected chi connectivity index (χ3v) is 6.67. The Bertz CT molecular complexity index is 1430. The topological polar surface area (TPSA) is 65.4 Å². The SMILES string of the molecule is CC1CC(C)CN(C=C2N=C(Nc3ccc(C(F)(F)F)nc3)c3ccc(-c4ncccc4C(F)(F)F)cc3N2)C1. The number of likely N-dealkylation sites (tertiary alicyclic amines) is 1. The number of aromatic nitrogens is 2. The Labute approximate surface area is 226 Å². The molecule has 2 unspecified atom stereocenters. The van der Waals surface area contributed by atoms with Crippen LogP contribution in [0.4, 0.5) is 37.7 Å². The zero-order valence-electron chi connectivity index (χ0n) is 21.6. The molecule has 40 heavy (non-hydrogen) atoms. The van der Waals surface area contributed by atoms with Gasteiger partial charge in [0.15, 0.2) is 0 Å². The second-order valence-corrected chi connectivity index (χ2v) is 10.2. The van der Waals surface area contributed by atoms with E-state index in [1.54, 1.807) is 12.1 Å². The van der Waals surface area contributed by atoms with Crippen molar-refractivity contribution in [2.75, 3.05) is 23.7 Å². The van der Waals surface area contributed by atoms with Crippen LogP contribution in [0.25, 0.3) is 11.3 Å². The van der Waals surface area contributed by atoms with Gasteiger partial charge < -0.3 is 15.5 Å². The first-order chi connectivity index (χ1) is 18.9. The van der Waals surface area contributed by atoms with Crippen molar-refractivity contribution in [2.24, 2.45) is 16.8 Å². The van der Waals surface area contributed by atoms with E-state index in [-0.39, 0.29) is 16.9 Å². The largest absolute Gasteiger partial charge is 0.433 e. The minimum atomic E-state index is -4.59. The van der Waals surface area contributed by atoms with Crippen molar-refractivity contribution in [3.05, 3.63) is 83.7 Å². The van der Waals surface area contributed by atoms with E-state index in [1.807, 2.05) is 6.20 Å². The standard InChI is InChI=1S/C28H26F6N6/c1-16-10-17(2)14-40(13-16)15-24-38-22-11-18(25-21(27(29,30)31)4-3-9-35-25)5-7-20(22)26(39-24)37-19-6-8-23(36-12-19)28(32,33)34/h3-9,11-12,15-17,38H,10,13-14H2,1-2H3,(H,37,39). The van der Waals surface area contributed by atoms with Crippen molar-refractivity contribution in [1.82, 2.24) is 14.9 Å². The second kappa shape index (κ2) is 10.5. The number of alkyl halides is 6. The zero-order valence-corrected chi connectivity index (χ0v) is 21.6. The highest BCUT2D eigenvalue weighted by Gasteiger charge is 2.35. The summed E-state index contributed by atoms with van der Waals surface area (Å²) < 4.78 is 80.0. The number of halogens is 6. The number of anilines is 2. The molecule has 3 aromatic rings. The molecule has 0 bridgehead atoms. The number of nitrogens with one attached hydrogen (secondary N) is 2. The van der Waals surface area contributed by atoms with Gasteiger partial charge in [0.25, 0.3) is 0 Å². The fourth-order valence-corrected chi connectivity index (χ4v) is 5.13. The minimum Gasteiger partial charge on any atom is -0.374 e. The molecule has 0 saturated carbocycles. The van der Waals surface area contributed by atoms with E-state index in [2.05, 4.69) is 44.3 Å². The molecule has 0 aliphatic carbocycles. The van der Waals surface area contributed by atoms with Crippen LogP contribution in [0.2, 0.25) is 0 Å². The summed E-state index contributed by atoms with van der Waals surface area (Å²) in [5, 5.41) is 6.23. The normalized spacial score (nSPS) is 20.6. The number of hydrogen-bond acceptors (Lipinski definition) is 6. The zero-order chi connectivity index (χ0) is 28.7. The van der Waals surface area contributed by atoms with Crippen molar-refractivity contribution in [2.45, 2.75) is 32.6 Å². The summed E-state index contributed by atoms with van der Waals surface area (Å²) >= 11 is 0. The van der Waals surface area contributed by atoms with Gasteiger partial charge in [0, 0.05) is 36.6 Å². The number of aliphatic imine (C=N–C) groups is 1. The van der Waals surface area contributed by atoms with Gasteiger partial charge in [-0.15, -0.1) is 0 Å². The lowest BCUT2D eigenvalue weighted by molar-refractivity contribution is -0.141. The Kier molecular flexibility index (Phi) is 7.19. The van der Waals surface area contributed by atoms with Gasteiger partial charge in [-0.25, -0.2) is 9.98 Å². The molecule has 2 aliphatic rings. The summed E-state index contributed by atoms with van der Waals surface area (Å²) in [6.07, 6.45) is -3.86. The fraction of sp³-hybridized carbons (Fsp3) is 0.321. The molecule has 0 spiro atoms. The molecule has 1 aromatic carbocycles. The van der Waals surface area contributed by atoms with Crippen molar-refractivity contribution in [3.63, 3.8) is 0 Å². The number of pyridine rings is 2. The van der Waals surface area contributed by atoms with Crippen LogP contribution >= 0.6 is 0 Å².